The Morgan fingerprint density at radius 3 is 1.14 bits per heavy atom. The van der Waals surface area contributed by atoms with Crippen LogP contribution in [0.5, 0.6) is 0 Å². The maximum Gasteiger partial charge on any atom is 0.407 e. The number of carbonyl (C=O) groups excluding carboxylic acids is 1. The predicted octanol–water partition coefficient (Wildman–Crippen LogP) is 2.32. The number of rotatable bonds is 34. The molecule has 0 saturated heterocycles. The molecule has 0 aliphatic heterocycles. The largest absolute Gasteiger partial charge is 0.445 e. The lowest BCUT2D eigenvalue weighted by molar-refractivity contribution is -0.0262. The number of alkyl halides is 1. The number of nitrogens with one attached hydrogen (secondary N) is 1. The van der Waals surface area contributed by atoms with Crippen molar-refractivity contribution in [1.82, 2.24) is 5.32 Å². The Hall–Kier alpha value is -1.62. The molecule has 0 aliphatic rings. The third kappa shape index (κ3) is 30.4. The van der Waals surface area contributed by atoms with Gasteiger partial charge in [0.15, 0.2) is 0 Å². The zero-order valence-corrected chi connectivity index (χ0v) is 26.7. The van der Waals surface area contributed by atoms with Crippen LogP contribution in [0.4, 0.5) is 4.79 Å². The lowest BCUT2D eigenvalue weighted by Gasteiger charge is -2.09. The molecule has 1 N–H and O–H groups in total. The molecule has 0 saturated carbocycles. The summed E-state index contributed by atoms with van der Waals surface area (Å²) in [5.74, 6) is 0.494. The van der Waals surface area contributed by atoms with Crippen LogP contribution < -0.4 is 5.32 Å². The number of hydrogen-bond donors (Lipinski definition) is 1. The first kappa shape index (κ1) is 40.4. The van der Waals surface area contributed by atoms with Crippen molar-refractivity contribution in [3.05, 3.63) is 35.9 Å². The molecule has 14 heteroatoms. The van der Waals surface area contributed by atoms with Gasteiger partial charge < -0.3 is 57.4 Å². The van der Waals surface area contributed by atoms with Crippen LogP contribution in [0.2, 0.25) is 0 Å². The molecule has 0 heterocycles. The Balaban J connectivity index is 1.64. The second-order valence-corrected chi connectivity index (χ2v) is 9.18. The molecule has 1 rings (SSSR count). The van der Waals surface area contributed by atoms with E-state index in [9.17, 15) is 4.79 Å². The first-order chi connectivity index (χ1) is 21.8. The molecule has 0 spiro atoms. The maximum absolute atomic E-state index is 11.6. The third-order valence-electron chi connectivity index (χ3n) is 5.30. The van der Waals surface area contributed by atoms with Crippen LogP contribution in [-0.2, 0) is 58.7 Å². The van der Waals surface area contributed by atoms with Gasteiger partial charge in [0.25, 0.3) is 0 Å². The van der Waals surface area contributed by atoms with Crippen LogP contribution in [0.1, 0.15) is 5.56 Å². The van der Waals surface area contributed by atoms with E-state index in [1.807, 2.05) is 30.3 Å². The quantitative estimate of drug-likeness (QED) is 0.0865. The molecule has 0 aliphatic carbocycles. The van der Waals surface area contributed by atoms with Crippen molar-refractivity contribution >= 4 is 17.7 Å². The highest BCUT2D eigenvalue weighted by atomic mass is 35.5. The fourth-order valence-electron chi connectivity index (χ4n) is 3.14. The van der Waals surface area contributed by atoms with Crippen molar-refractivity contribution < 1.29 is 56.9 Å². The van der Waals surface area contributed by atoms with Gasteiger partial charge in [-0.15, -0.1) is 11.6 Å². The summed E-state index contributed by atoms with van der Waals surface area (Å²) in [4.78, 5) is 11.6. The Kier molecular flexibility index (Phi) is 31.5. The molecule has 13 nitrogen and oxygen atoms in total. The molecular weight excluding hydrogens is 602 g/mol. The lowest BCUT2D eigenvalue weighted by atomic mass is 10.2. The fraction of sp³-hybridized carbons (Fsp3) is 0.767. The summed E-state index contributed by atoms with van der Waals surface area (Å²) in [5, 5.41) is 2.64. The minimum absolute atomic E-state index is 0.238. The number of alkyl carbamates (subject to hydrolysis) is 1. The van der Waals surface area contributed by atoms with Crippen LogP contribution in [0, 0.1) is 0 Å². The molecule has 0 aromatic heterocycles. The zero-order chi connectivity index (χ0) is 31.4. The predicted molar refractivity (Wildman–Crippen MR) is 164 cm³/mol. The molecule has 1 aromatic rings. The number of benzene rings is 1. The van der Waals surface area contributed by atoms with Crippen LogP contribution >= 0.6 is 11.6 Å². The smallest absolute Gasteiger partial charge is 0.407 e. The van der Waals surface area contributed by atoms with Gasteiger partial charge in [-0.05, 0) is 5.56 Å². The molecule has 256 valence electrons. The Bertz CT molecular complexity index is 723. The van der Waals surface area contributed by atoms with E-state index in [4.69, 9.17) is 63.7 Å². The van der Waals surface area contributed by atoms with E-state index in [0.29, 0.717) is 145 Å². The molecule has 0 atom stereocenters. The fourth-order valence-corrected chi connectivity index (χ4v) is 3.24. The van der Waals surface area contributed by atoms with Crippen molar-refractivity contribution in [1.29, 1.82) is 0 Å². The van der Waals surface area contributed by atoms with E-state index in [-0.39, 0.29) is 6.61 Å². The molecule has 1 amide bonds. The van der Waals surface area contributed by atoms with Gasteiger partial charge in [-0.2, -0.15) is 0 Å². The molecule has 44 heavy (non-hydrogen) atoms. The van der Waals surface area contributed by atoms with E-state index in [0.717, 1.165) is 5.56 Å². The molecule has 0 bridgehead atoms. The van der Waals surface area contributed by atoms with Crippen LogP contribution in [-0.4, -0.2) is 151 Å². The first-order valence-electron chi connectivity index (χ1n) is 15.1. The summed E-state index contributed by atoms with van der Waals surface area (Å²) in [6.07, 6.45) is -0.469. The number of ether oxygens (including phenoxy) is 11. The summed E-state index contributed by atoms with van der Waals surface area (Å²) < 4.78 is 59.2. The van der Waals surface area contributed by atoms with Crippen molar-refractivity contribution in [3.63, 3.8) is 0 Å². The number of carbonyl (C=O) groups is 1. The summed E-state index contributed by atoms with van der Waals surface area (Å²) in [5.41, 5.74) is 0.938. The second-order valence-electron chi connectivity index (χ2n) is 8.80. The van der Waals surface area contributed by atoms with E-state index in [2.05, 4.69) is 5.32 Å². The van der Waals surface area contributed by atoms with Crippen molar-refractivity contribution in [2.75, 3.05) is 145 Å². The average Bonchev–Trinajstić information content (AvgIpc) is 3.04. The Morgan fingerprint density at radius 1 is 0.477 bits per heavy atom. The van der Waals surface area contributed by atoms with Crippen LogP contribution in [0.25, 0.3) is 0 Å². The molecule has 0 radical (unpaired) electrons. The maximum atomic E-state index is 11.6. The van der Waals surface area contributed by atoms with Gasteiger partial charge in [-0.1, -0.05) is 30.3 Å². The normalized spacial score (nSPS) is 11.2. The van der Waals surface area contributed by atoms with Crippen molar-refractivity contribution in [2.45, 2.75) is 6.61 Å². The topological polar surface area (TPSA) is 131 Å². The van der Waals surface area contributed by atoms with Crippen molar-refractivity contribution in [3.8, 4) is 0 Å². The van der Waals surface area contributed by atoms with E-state index < -0.39 is 6.09 Å². The van der Waals surface area contributed by atoms with Crippen LogP contribution in [0.3, 0.4) is 0 Å². The van der Waals surface area contributed by atoms with Gasteiger partial charge >= 0.3 is 6.09 Å². The highest BCUT2D eigenvalue weighted by Crippen LogP contribution is 2.00. The SMILES string of the molecule is O=C(NCCOCCOCCOCCOCCOCCOCCOCCOCCOCCOCCCl)OCc1ccccc1. The van der Waals surface area contributed by atoms with Gasteiger partial charge in [0.1, 0.15) is 6.61 Å². The standard InChI is InChI=1S/C30H52ClNO12/c31-6-8-34-10-12-36-14-16-38-18-20-40-22-24-42-26-27-43-25-23-41-21-19-39-17-15-37-13-11-35-9-7-32-30(33)44-28-29-4-2-1-3-5-29/h1-5H,6-28H2,(H,32,33). The Morgan fingerprint density at radius 2 is 0.795 bits per heavy atom. The number of amides is 1. The molecular formula is C30H52ClNO12. The van der Waals surface area contributed by atoms with Gasteiger partial charge in [-0.25, -0.2) is 4.79 Å². The molecule has 0 fully saturated rings. The van der Waals surface area contributed by atoms with Gasteiger partial charge in [-0.3, -0.25) is 0 Å². The number of hydrogen-bond acceptors (Lipinski definition) is 12. The van der Waals surface area contributed by atoms with Gasteiger partial charge in [0.05, 0.1) is 132 Å². The van der Waals surface area contributed by atoms with Crippen molar-refractivity contribution in [2.24, 2.45) is 0 Å². The summed E-state index contributed by atoms with van der Waals surface area (Å²) in [7, 11) is 0. The first-order valence-corrected chi connectivity index (χ1v) is 15.6. The van der Waals surface area contributed by atoms with E-state index in [1.54, 1.807) is 0 Å². The zero-order valence-electron chi connectivity index (χ0n) is 25.9. The van der Waals surface area contributed by atoms with E-state index >= 15 is 0 Å². The van der Waals surface area contributed by atoms with E-state index in [1.165, 1.54) is 0 Å². The minimum atomic E-state index is -0.469. The number of halogens is 1. The molecule has 0 unspecified atom stereocenters. The highest BCUT2D eigenvalue weighted by Gasteiger charge is 2.02. The summed E-state index contributed by atoms with van der Waals surface area (Å²) in [6, 6.07) is 9.50. The average molecular weight is 654 g/mol. The third-order valence-corrected chi connectivity index (χ3v) is 5.45. The summed E-state index contributed by atoms with van der Waals surface area (Å²) >= 11 is 5.51. The van der Waals surface area contributed by atoms with Gasteiger partial charge in [0.2, 0.25) is 0 Å². The van der Waals surface area contributed by atoms with Gasteiger partial charge in [0, 0.05) is 12.4 Å². The monoisotopic (exact) mass is 653 g/mol. The Labute approximate surface area is 266 Å². The van der Waals surface area contributed by atoms with Crippen LogP contribution in [0.15, 0.2) is 30.3 Å². The minimum Gasteiger partial charge on any atom is -0.445 e. The summed E-state index contributed by atoms with van der Waals surface area (Å²) in [6.45, 7) is 10.5. The second kappa shape index (κ2) is 34.3. The molecule has 1 aromatic carbocycles. The lowest BCUT2D eigenvalue weighted by Crippen LogP contribution is -2.28. The highest BCUT2D eigenvalue weighted by molar-refractivity contribution is 6.17.